The summed E-state index contributed by atoms with van der Waals surface area (Å²) in [5, 5.41) is 16.4. The molecular weight excluding hydrogens is 252 g/mol. The number of likely N-dealkylation sites (N-methyl/N-ethyl adjacent to an activating group) is 1. The molecule has 2 aromatic heterocycles. The van der Waals surface area contributed by atoms with Gasteiger partial charge >= 0.3 is 0 Å². The lowest BCUT2D eigenvalue weighted by atomic mass is 10.1. The zero-order chi connectivity index (χ0) is 14.3. The fourth-order valence-corrected chi connectivity index (χ4v) is 3.14. The van der Waals surface area contributed by atoms with Crippen LogP contribution in [0.15, 0.2) is 6.33 Å². The van der Waals surface area contributed by atoms with E-state index in [2.05, 4.69) is 46.5 Å². The van der Waals surface area contributed by atoms with Gasteiger partial charge in [-0.2, -0.15) is 9.61 Å². The summed E-state index contributed by atoms with van der Waals surface area (Å²) in [5.74, 6) is 0. The highest BCUT2D eigenvalue weighted by Gasteiger charge is 2.29. The quantitative estimate of drug-likeness (QED) is 0.922. The number of nitrogens with one attached hydrogen (secondary N) is 1. The Morgan fingerprint density at radius 2 is 2.10 bits per heavy atom. The van der Waals surface area contributed by atoms with Gasteiger partial charge in [-0.15, -0.1) is 10.2 Å². The normalized spacial score (nSPS) is 22.9. The molecule has 6 nitrogen and oxygen atoms in total. The van der Waals surface area contributed by atoms with Gasteiger partial charge in [0, 0.05) is 12.1 Å². The van der Waals surface area contributed by atoms with Crippen molar-refractivity contribution in [2.24, 2.45) is 0 Å². The van der Waals surface area contributed by atoms with Crippen LogP contribution in [-0.2, 0) is 0 Å². The Morgan fingerprint density at radius 1 is 1.30 bits per heavy atom. The van der Waals surface area contributed by atoms with Gasteiger partial charge in [-0.25, -0.2) is 0 Å². The molecule has 0 aliphatic heterocycles. The molecule has 20 heavy (non-hydrogen) atoms. The minimum atomic E-state index is 0.464. The zero-order valence-corrected chi connectivity index (χ0v) is 12.6. The molecule has 1 saturated carbocycles. The molecule has 2 heterocycles. The highest BCUT2D eigenvalue weighted by molar-refractivity contribution is 5.71. The Morgan fingerprint density at radius 3 is 2.85 bits per heavy atom. The average molecular weight is 274 g/mol. The van der Waals surface area contributed by atoms with Crippen LogP contribution in [0.3, 0.4) is 0 Å². The van der Waals surface area contributed by atoms with E-state index in [9.17, 15) is 0 Å². The number of rotatable bonds is 3. The summed E-state index contributed by atoms with van der Waals surface area (Å²) in [7, 11) is 4.31. The molecule has 6 heteroatoms. The standard InChI is InChI=1S/C14H22N6/c1-9-10(2)18-20-8-15-17-14(20)13(9)16-11-6-5-7-12(11)19(3)4/h8,11-12,16H,5-7H2,1-4H3/t11-,12-/m1/s1. The fraction of sp³-hybridized carbons (Fsp3) is 0.643. The third kappa shape index (κ3) is 2.14. The van der Waals surface area contributed by atoms with Crippen LogP contribution in [0.2, 0.25) is 0 Å². The van der Waals surface area contributed by atoms with E-state index in [0.717, 1.165) is 22.6 Å². The van der Waals surface area contributed by atoms with Crippen LogP contribution >= 0.6 is 0 Å². The average Bonchev–Trinajstić information content (AvgIpc) is 3.02. The molecular formula is C14H22N6. The van der Waals surface area contributed by atoms with Crippen LogP contribution in [0.25, 0.3) is 5.65 Å². The minimum absolute atomic E-state index is 0.464. The second-order valence-corrected chi connectivity index (χ2v) is 5.90. The Balaban J connectivity index is 1.98. The Kier molecular flexibility index (Phi) is 3.33. The molecule has 0 amide bonds. The molecule has 0 unspecified atom stereocenters. The van der Waals surface area contributed by atoms with Gasteiger partial charge in [-0.1, -0.05) is 0 Å². The van der Waals surface area contributed by atoms with Crippen LogP contribution in [0.5, 0.6) is 0 Å². The lowest BCUT2D eigenvalue weighted by Crippen LogP contribution is -2.39. The van der Waals surface area contributed by atoms with Gasteiger partial charge < -0.3 is 10.2 Å². The lowest BCUT2D eigenvalue weighted by molar-refractivity contribution is 0.285. The highest BCUT2D eigenvalue weighted by atomic mass is 15.4. The summed E-state index contributed by atoms with van der Waals surface area (Å²) in [5.41, 5.74) is 4.07. The topological polar surface area (TPSA) is 58.4 Å². The molecule has 108 valence electrons. The summed E-state index contributed by atoms with van der Waals surface area (Å²) >= 11 is 0. The number of aromatic nitrogens is 4. The summed E-state index contributed by atoms with van der Waals surface area (Å²) in [6.45, 7) is 4.12. The van der Waals surface area contributed by atoms with Crippen LogP contribution in [0.4, 0.5) is 5.69 Å². The minimum Gasteiger partial charge on any atom is -0.377 e. The maximum atomic E-state index is 4.47. The maximum Gasteiger partial charge on any atom is 0.200 e. The van der Waals surface area contributed by atoms with Gasteiger partial charge in [0.05, 0.1) is 11.4 Å². The summed E-state index contributed by atoms with van der Waals surface area (Å²) < 4.78 is 1.75. The second kappa shape index (κ2) is 5.01. The second-order valence-electron chi connectivity index (χ2n) is 5.90. The van der Waals surface area contributed by atoms with E-state index in [1.165, 1.54) is 19.3 Å². The fourth-order valence-electron chi connectivity index (χ4n) is 3.14. The number of aryl methyl sites for hydroxylation is 1. The van der Waals surface area contributed by atoms with E-state index in [-0.39, 0.29) is 0 Å². The predicted octanol–water partition coefficient (Wildman–Crippen LogP) is 1.64. The van der Waals surface area contributed by atoms with Crippen molar-refractivity contribution in [2.75, 3.05) is 19.4 Å². The van der Waals surface area contributed by atoms with E-state index < -0.39 is 0 Å². The van der Waals surface area contributed by atoms with E-state index in [0.29, 0.717) is 12.1 Å². The van der Waals surface area contributed by atoms with Crippen molar-refractivity contribution in [3.63, 3.8) is 0 Å². The monoisotopic (exact) mass is 274 g/mol. The number of anilines is 1. The van der Waals surface area contributed by atoms with Gasteiger partial charge in [-0.05, 0) is 52.8 Å². The first-order valence-electron chi connectivity index (χ1n) is 7.18. The van der Waals surface area contributed by atoms with Crippen molar-refractivity contribution >= 4 is 11.3 Å². The molecule has 1 aliphatic carbocycles. The van der Waals surface area contributed by atoms with Gasteiger partial charge in [0.25, 0.3) is 0 Å². The van der Waals surface area contributed by atoms with Crippen LogP contribution in [0.1, 0.15) is 30.5 Å². The highest BCUT2D eigenvalue weighted by Crippen LogP contribution is 2.29. The van der Waals surface area contributed by atoms with Crippen molar-refractivity contribution < 1.29 is 0 Å². The molecule has 0 bridgehead atoms. The first-order valence-corrected chi connectivity index (χ1v) is 7.18. The Labute approximate surface area is 119 Å². The SMILES string of the molecule is Cc1nn2cnnc2c(N[C@@H]2CCC[C@H]2N(C)C)c1C. The van der Waals surface area contributed by atoms with Crippen molar-refractivity contribution in [3.05, 3.63) is 17.6 Å². The summed E-state index contributed by atoms with van der Waals surface area (Å²) in [6, 6.07) is 1.04. The molecule has 1 fully saturated rings. The van der Waals surface area contributed by atoms with Crippen molar-refractivity contribution in [1.82, 2.24) is 24.7 Å². The molecule has 1 aliphatic rings. The van der Waals surface area contributed by atoms with Crippen LogP contribution in [-0.4, -0.2) is 50.9 Å². The van der Waals surface area contributed by atoms with E-state index in [1.54, 1.807) is 10.8 Å². The van der Waals surface area contributed by atoms with Crippen molar-refractivity contribution in [3.8, 4) is 0 Å². The molecule has 0 spiro atoms. The Bertz CT molecular complexity index is 617. The summed E-state index contributed by atoms with van der Waals surface area (Å²) in [6.07, 6.45) is 5.37. The Hall–Kier alpha value is -1.69. The number of fused-ring (bicyclic) bond motifs is 1. The lowest BCUT2D eigenvalue weighted by Gasteiger charge is -2.28. The largest absolute Gasteiger partial charge is 0.377 e. The number of hydrogen-bond acceptors (Lipinski definition) is 5. The third-order valence-corrected chi connectivity index (χ3v) is 4.40. The van der Waals surface area contributed by atoms with E-state index >= 15 is 0 Å². The zero-order valence-electron chi connectivity index (χ0n) is 12.6. The molecule has 3 rings (SSSR count). The van der Waals surface area contributed by atoms with Gasteiger partial charge in [0.2, 0.25) is 5.65 Å². The molecule has 0 saturated heterocycles. The first-order chi connectivity index (χ1) is 9.58. The van der Waals surface area contributed by atoms with E-state index in [4.69, 9.17) is 0 Å². The number of nitrogens with zero attached hydrogens (tertiary/aromatic N) is 5. The van der Waals surface area contributed by atoms with Crippen LogP contribution < -0.4 is 5.32 Å². The third-order valence-electron chi connectivity index (χ3n) is 4.40. The smallest absolute Gasteiger partial charge is 0.200 e. The maximum absolute atomic E-state index is 4.47. The molecule has 0 radical (unpaired) electrons. The summed E-state index contributed by atoms with van der Waals surface area (Å²) in [4.78, 5) is 2.31. The first kappa shape index (κ1) is 13.3. The van der Waals surface area contributed by atoms with E-state index in [1.807, 2.05) is 6.92 Å². The van der Waals surface area contributed by atoms with Gasteiger partial charge in [0.15, 0.2) is 0 Å². The molecule has 2 atom stereocenters. The molecule has 2 aromatic rings. The van der Waals surface area contributed by atoms with Gasteiger partial charge in [-0.3, -0.25) is 0 Å². The van der Waals surface area contributed by atoms with Gasteiger partial charge in [0.1, 0.15) is 6.33 Å². The van der Waals surface area contributed by atoms with Crippen molar-refractivity contribution in [2.45, 2.75) is 45.2 Å². The van der Waals surface area contributed by atoms with Crippen LogP contribution in [0, 0.1) is 13.8 Å². The molecule has 1 N–H and O–H groups in total. The van der Waals surface area contributed by atoms with Crippen molar-refractivity contribution in [1.29, 1.82) is 0 Å². The molecule has 0 aromatic carbocycles. The predicted molar refractivity (Wildman–Crippen MR) is 79.0 cm³/mol. The number of hydrogen-bond donors (Lipinski definition) is 1.